The molecule has 1 aliphatic rings. The van der Waals surface area contributed by atoms with Crippen LogP contribution in [0.3, 0.4) is 0 Å². The number of carbonyl (C=O) groups is 2. The maximum absolute atomic E-state index is 13.6. The summed E-state index contributed by atoms with van der Waals surface area (Å²) in [5.74, 6) is -1.23. The van der Waals surface area contributed by atoms with Crippen molar-refractivity contribution in [2.75, 3.05) is 33.7 Å². The highest BCUT2D eigenvalue weighted by atomic mass is 32.2. The second-order valence-corrected chi connectivity index (χ2v) is 13.2. The van der Waals surface area contributed by atoms with E-state index < -0.39 is 33.5 Å². The average molecular weight is 613 g/mol. The fourth-order valence-electron chi connectivity index (χ4n) is 5.69. The van der Waals surface area contributed by atoms with Crippen LogP contribution in [0, 0.1) is 5.92 Å². The molecule has 0 spiro atoms. The van der Waals surface area contributed by atoms with Gasteiger partial charge in [-0.15, -0.1) is 0 Å². The van der Waals surface area contributed by atoms with E-state index in [0.717, 1.165) is 0 Å². The van der Waals surface area contributed by atoms with Crippen LogP contribution < -0.4 is 4.74 Å². The van der Waals surface area contributed by atoms with E-state index in [2.05, 4.69) is 0 Å². The Labute approximate surface area is 258 Å². The molecule has 0 radical (unpaired) electrons. The first-order valence-electron chi connectivity index (χ1n) is 14.5. The van der Waals surface area contributed by atoms with Crippen LogP contribution >= 0.6 is 0 Å². The normalized spacial score (nSPS) is 18.9. The zero-order valence-corrected chi connectivity index (χ0v) is 25.7. The van der Waals surface area contributed by atoms with Gasteiger partial charge >= 0.3 is 11.9 Å². The highest BCUT2D eigenvalue weighted by molar-refractivity contribution is 7.88. The summed E-state index contributed by atoms with van der Waals surface area (Å²) in [4.78, 5) is 28.8. The minimum atomic E-state index is -3.67. The molecule has 0 N–H and O–H groups in total. The van der Waals surface area contributed by atoms with Gasteiger partial charge in [0, 0.05) is 32.0 Å². The molecule has 9 heteroatoms. The minimum Gasteiger partial charge on any atom is -0.450 e. The van der Waals surface area contributed by atoms with Gasteiger partial charge in [-0.2, -0.15) is 0 Å². The topological polar surface area (TPSA) is 93.2 Å². The molecule has 0 aromatic heterocycles. The second kappa shape index (κ2) is 13.5. The molecule has 1 aliphatic heterocycles. The van der Waals surface area contributed by atoms with E-state index >= 15 is 0 Å². The summed E-state index contributed by atoms with van der Waals surface area (Å²) in [5, 5.41) is 0. The van der Waals surface area contributed by atoms with Crippen LogP contribution in [0.1, 0.15) is 38.3 Å². The number of hydrogen-bond acceptors (Lipinski definition) is 7. The van der Waals surface area contributed by atoms with Gasteiger partial charge in [0.15, 0.2) is 0 Å². The zero-order chi connectivity index (χ0) is 31.2. The third-order valence-electron chi connectivity index (χ3n) is 7.81. The van der Waals surface area contributed by atoms with Crippen molar-refractivity contribution in [2.45, 2.75) is 17.8 Å². The second-order valence-electron chi connectivity index (χ2n) is 11.2. The van der Waals surface area contributed by atoms with Crippen LogP contribution in [0.15, 0.2) is 115 Å². The Balaban J connectivity index is 1.52. The molecule has 8 nitrogen and oxygen atoms in total. The molecule has 2 atom stereocenters. The highest BCUT2D eigenvalue weighted by Gasteiger charge is 2.50. The smallest absolute Gasteiger partial charge is 0.343 e. The fraction of sp³-hybridized carbons (Fsp3) is 0.257. The number of carbonyl (C=O) groups excluding carboxylic acids is 2. The van der Waals surface area contributed by atoms with E-state index in [1.54, 1.807) is 78.9 Å². The van der Waals surface area contributed by atoms with Crippen molar-refractivity contribution in [1.29, 1.82) is 0 Å². The molecule has 4 aromatic carbocycles. The van der Waals surface area contributed by atoms with Gasteiger partial charge in [-0.25, -0.2) is 22.3 Å². The molecule has 1 saturated heterocycles. The van der Waals surface area contributed by atoms with Gasteiger partial charge in [0.05, 0.1) is 16.9 Å². The van der Waals surface area contributed by atoms with Crippen LogP contribution in [-0.4, -0.2) is 63.3 Å². The summed E-state index contributed by atoms with van der Waals surface area (Å²) in [7, 11) is 0.121. The Morgan fingerprint density at radius 1 is 0.818 bits per heavy atom. The standard InChI is InChI=1S/C35H36N2O6S/c1-36(2)24-31-25-37(44(40,41)26-27-13-6-3-7-14-27)22-21-35(31,43-34(39)28-15-8-4-9-16-28)30-18-12-17-29(23-30)33(38)42-32-19-10-5-11-20-32/h3-20,23,31H,21-22,24-26H2,1-2H3/t31-,35-/m1/s1. The van der Waals surface area contributed by atoms with E-state index in [1.807, 2.05) is 55.4 Å². The maximum atomic E-state index is 13.6. The number of nitrogens with zero attached hydrogens (tertiary/aromatic N) is 2. The zero-order valence-electron chi connectivity index (χ0n) is 24.8. The van der Waals surface area contributed by atoms with Crippen molar-refractivity contribution in [3.63, 3.8) is 0 Å². The van der Waals surface area contributed by atoms with Gasteiger partial charge in [-0.3, -0.25) is 0 Å². The molecule has 0 aliphatic carbocycles. The molecular formula is C35H36N2O6S. The van der Waals surface area contributed by atoms with E-state index in [4.69, 9.17) is 9.47 Å². The molecule has 0 amide bonds. The Kier molecular flexibility index (Phi) is 9.58. The van der Waals surface area contributed by atoms with E-state index in [1.165, 1.54) is 4.31 Å². The van der Waals surface area contributed by atoms with Gasteiger partial charge in [-0.1, -0.05) is 78.9 Å². The number of rotatable bonds is 10. The Morgan fingerprint density at radius 2 is 1.43 bits per heavy atom. The molecule has 5 rings (SSSR count). The maximum Gasteiger partial charge on any atom is 0.343 e. The van der Waals surface area contributed by atoms with Gasteiger partial charge < -0.3 is 14.4 Å². The number of benzene rings is 4. The molecule has 1 heterocycles. The van der Waals surface area contributed by atoms with E-state index in [0.29, 0.717) is 34.5 Å². The lowest BCUT2D eigenvalue weighted by Crippen LogP contribution is -2.56. The Morgan fingerprint density at radius 3 is 2.09 bits per heavy atom. The van der Waals surface area contributed by atoms with Crippen molar-refractivity contribution in [3.8, 4) is 5.75 Å². The van der Waals surface area contributed by atoms with Crippen LogP contribution in [0.25, 0.3) is 0 Å². The Hall–Kier alpha value is -4.31. The quantitative estimate of drug-likeness (QED) is 0.176. The van der Waals surface area contributed by atoms with Gasteiger partial charge in [-0.05, 0) is 61.6 Å². The third kappa shape index (κ3) is 7.24. The molecule has 4 aromatic rings. The monoisotopic (exact) mass is 612 g/mol. The molecule has 44 heavy (non-hydrogen) atoms. The van der Waals surface area contributed by atoms with Crippen LogP contribution in [0.4, 0.5) is 0 Å². The number of esters is 2. The van der Waals surface area contributed by atoms with Crippen molar-refractivity contribution >= 4 is 22.0 Å². The largest absolute Gasteiger partial charge is 0.450 e. The van der Waals surface area contributed by atoms with Crippen LogP contribution in [-0.2, 0) is 26.1 Å². The predicted octanol–water partition coefficient (Wildman–Crippen LogP) is 5.37. The molecule has 0 bridgehead atoms. The first-order chi connectivity index (χ1) is 21.2. The summed E-state index contributed by atoms with van der Waals surface area (Å²) < 4.78 is 40.8. The SMILES string of the molecule is CN(C)C[C@@H]1CN(S(=O)(=O)Cc2ccccc2)CC[C@@]1(OC(=O)c1ccccc1)c1cccc(C(=O)Oc2ccccc2)c1. The number of piperidine rings is 1. The summed E-state index contributed by atoms with van der Waals surface area (Å²) in [6.07, 6.45) is 0.204. The van der Waals surface area contributed by atoms with Crippen molar-refractivity contribution < 1.29 is 27.5 Å². The first kappa shape index (κ1) is 31.1. The lowest BCUT2D eigenvalue weighted by atomic mass is 9.75. The van der Waals surface area contributed by atoms with Gasteiger partial charge in [0.25, 0.3) is 0 Å². The molecule has 0 saturated carbocycles. The van der Waals surface area contributed by atoms with Gasteiger partial charge in [0.2, 0.25) is 10.0 Å². The van der Waals surface area contributed by atoms with E-state index in [-0.39, 0.29) is 25.3 Å². The number of sulfonamides is 1. The molecule has 0 unspecified atom stereocenters. The highest BCUT2D eigenvalue weighted by Crippen LogP contribution is 2.43. The summed E-state index contributed by atoms with van der Waals surface area (Å²) >= 11 is 0. The number of para-hydroxylation sites is 1. The van der Waals surface area contributed by atoms with Crippen molar-refractivity contribution in [2.24, 2.45) is 5.92 Å². The average Bonchev–Trinajstić information content (AvgIpc) is 3.03. The third-order valence-corrected chi connectivity index (χ3v) is 9.63. The van der Waals surface area contributed by atoms with Gasteiger partial charge in [0.1, 0.15) is 11.4 Å². The summed E-state index contributed by atoms with van der Waals surface area (Å²) in [5.41, 5.74) is 0.766. The summed E-state index contributed by atoms with van der Waals surface area (Å²) in [6.45, 7) is 0.700. The van der Waals surface area contributed by atoms with Crippen LogP contribution in [0.2, 0.25) is 0 Å². The van der Waals surface area contributed by atoms with E-state index in [9.17, 15) is 18.0 Å². The Bertz CT molecular complexity index is 1680. The molecule has 228 valence electrons. The predicted molar refractivity (Wildman–Crippen MR) is 169 cm³/mol. The van der Waals surface area contributed by atoms with Crippen molar-refractivity contribution in [1.82, 2.24) is 9.21 Å². The lowest BCUT2D eigenvalue weighted by Gasteiger charge is -2.47. The van der Waals surface area contributed by atoms with Crippen LogP contribution in [0.5, 0.6) is 5.75 Å². The molecular weight excluding hydrogens is 576 g/mol. The number of ether oxygens (including phenoxy) is 2. The minimum absolute atomic E-state index is 0.125. The first-order valence-corrected chi connectivity index (χ1v) is 16.1. The fourth-order valence-corrected chi connectivity index (χ4v) is 7.26. The number of hydrogen-bond donors (Lipinski definition) is 0. The van der Waals surface area contributed by atoms with Crippen molar-refractivity contribution in [3.05, 3.63) is 138 Å². The summed E-state index contributed by atoms with van der Waals surface area (Å²) in [6, 6.07) is 33.5. The lowest BCUT2D eigenvalue weighted by molar-refractivity contribution is -0.0880. The molecule has 1 fully saturated rings.